The van der Waals surface area contributed by atoms with Gasteiger partial charge in [0.2, 0.25) is 11.8 Å². The number of hydrogen-bond acceptors (Lipinski definition) is 4. The van der Waals surface area contributed by atoms with E-state index < -0.39 is 0 Å². The van der Waals surface area contributed by atoms with Crippen LogP contribution in [0.25, 0.3) is 0 Å². The minimum atomic E-state index is -0.282. The maximum Gasteiger partial charge on any atom is 0.236 e. The van der Waals surface area contributed by atoms with Gasteiger partial charge in [0.05, 0.1) is 12.5 Å². The molecule has 2 saturated heterocycles. The summed E-state index contributed by atoms with van der Waals surface area (Å²) in [6, 6.07) is 0.483. The molecule has 2 aliphatic rings. The molecule has 0 aliphatic carbocycles. The van der Waals surface area contributed by atoms with Gasteiger partial charge in [0.25, 0.3) is 0 Å². The van der Waals surface area contributed by atoms with E-state index in [2.05, 4.69) is 10.2 Å². The Morgan fingerprint density at radius 1 is 1.19 bits per heavy atom. The van der Waals surface area contributed by atoms with Gasteiger partial charge in [-0.15, -0.1) is 12.4 Å². The minimum Gasteiger partial charge on any atom is -0.369 e. The van der Waals surface area contributed by atoms with Gasteiger partial charge >= 0.3 is 0 Å². The van der Waals surface area contributed by atoms with Crippen molar-refractivity contribution in [2.45, 2.75) is 31.7 Å². The summed E-state index contributed by atoms with van der Waals surface area (Å²) in [7, 11) is 1.97. The zero-order valence-electron chi connectivity index (χ0n) is 12.7. The largest absolute Gasteiger partial charge is 0.369 e. The first-order valence-electron chi connectivity index (χ1n) is 7.57. The summed E-state index contributed by atoms with van der Waals surface area (Å²) >= 11 is 0. The van der Waals surface area contributed by atoms with Crippen molar-refractivity contribution in [3.05, 3.63) is 0 Å². The lowest BCUT2D eigenvalue weighted by Gasteiger charge is -2.36. The van der Waals surface area contributed by atoms with E-state index >= 15 is 0 Å². The van der Waals surface area contributed by atoms with Crippen molar-refractivity contribution < 1.29 is 9.59 Å². The molecule has 2 amide bonds. The quantitative estimate of drug-likeness (QED) is 0.753. The second-order valence-corrected chi connectivity index (χ2v) is 5.94. The highest BCUT2D eigenvalue weighted by atomic mass is 35.5. The van der Waals surface area contributed by atoms with Crippen molar-refractivity contribution in [1.29, 1.82) is 0 Å². The van der Waals surface area contributed by atoms with Gasteiger partial charge in [-0.3, -0.25) is 14.5 Å². The fourth-order valence-corrected chi connectivity index (χ4v) is 3.16. The third-order valence-corrected chi connectivity index (χ3v) is 4.45. The summed E-state index contributed by atoms with van der Waals surface area (Å²) in [4.78, 5) is 27.6. The van der Waals surface area contributed by atoms with Crippen molar-refractivity contribution in [2.24, 2.45) is 11.7 Å². The third-order valence-electron chi connectivity index (χ3n) is 4.45. The van der Waals surface area contributed by atoms with Gasteiger partial charge in [-0.2, -0.15) is 0 Å². The first-order valence-corrected chi connectivity index (χ1v) is 7.57. The maximum atomic E-state index is 12.3. The molecule has 3 N–H and O–H groups in total. The smallest absolute Gasteiger partial charge is 0.236 e. The van der Waals surface area contributed by atoms with Crippen LogP contribution in [-0.4, -0.2) is 67.4 Å². The number of primary amides is 1. The number of amides is 2. The number of hydrogen-bond donors (Lipinski definition) is 2. The van der Waals surface area contributed by atoms with Crippen molar-refractivity contribution >= 4 is 24.2 Å². The molecule has 2 unspecified atom stereocenters. The Balaban J connectivity index is 0.00000220. The third kappa shape index (κ3) is 5.13. The standard InChI is InChI=1S/C14H26N4O2.ClH/c1-16-12-5-3-6-17(9-12)10-13(19)18-7-2-4-11(8-18)14(15)20;/h11-12,16H,2-10H2,1H3,(H2,15,20);1H. The van der Waals surface area contributed by atoms with E-state index in [0.717, 1.165) is 38.9 Å². The molecule has 0 saturated carbocycles. The number of carbonyl (C=O) groups excluding carboxylic acids is 2. The molecule has 2 atom stereocenters. The van der Waals surface area contributed by atoms with E-state index in [1.165, 1.54) is 6.42 Å². The van der Waals surface area contributed by atoms with Crippen molar-refractivity contribution in [1.82, 2.24) is 15.1 Å². The highest BCUT2D eigenvalue weighted by molar-refractivity contribution is 5.85. The summed E-state index contributed by atoms with van der Waals surface area (Å²) in [5.74, 6) is -0.317. The van der Waals surface area contributed by atoms with Crippen molar-refractivity contribution in [3.8, 4) is 0 Å². The molecule has 6 nitrogen and oxygen atoms in total. The van der Waals surface area contributed by atoms with E-state index in [9.17, 15) is 9.59 Å². The molecule has 0 aromatic rings. The topological polar surface area (TPSA) is 78.7 Å². The lowest BCUT2D eigenvalue weighted by molar-refractivity contribution is -0.136. The number of halogens is 1. The van der Waals surface area contributed by atoms with Crippen molar-refractivity contribution in [3.63, 3.8) is 0 Å². The Bertz CT molecular complexity index is 367. The fraction of sp³-hybridized carbons (Fsp3) is 0.857. The van der Waals surface area contributed by atoms with Gasteiger partial charge in [0, 0.05) is 25.7 Å². The number of nitrogens with one attached hydrogen (secondary N) is 1. The van der Waals surface area contributed by atoms with E-state index in [-0.39, 0.29) is 30.1 Å². The molecule has 0 aromatic carbocycles. The van der Waals surface area contributed by atoms with E-state index in [1.807, 2.05) is 11.9 Å². The van der Waals surface area contributed by atoms with Crippen LogP contribution in [0.15, 0.2) is 0 Å². The van der Waals surface area contributed by atoms with Gasteiger partial charge in [-0.05, 0) is 39.3 Å². The van der Waals surface area contributed by atoms with Crippen LogP contribution < -0.4 is 11.1 Å². The molecule has 0 bridgehead atoms. The Morgan fingerprint density at radius 2 is 1.90 bits per heavy atom. The molecular formula is C14H27ClN4O2. The van der Waals surface area contributed by atoms with E-state index in [4.69, 9.17) is 5.73 Å². The Labute approximate surface area is 132 Å². The molecule has 2 rings (SSSR count). The van der Waals surface area contributed by atoms with Gasteiger partial charge in [0.15, 0.2) is 0 Å². The number of nitrogens with zero attached hydrogens (tertiary/aromatic N) is 2. The lowest BCUT2D eigenvalue weighted by Crippen LogP contribution is -2.51. The summed E-state index contributed by atoms with van der Waals surface area (Å²) in [6.07, 6.45) is 3.99. The number of likely N-dealkylation sites (tertiary alicyclic amines) is 2. The molecule has 2 fully saturated rings. The second-order valence-electron chi connectivity index (χ2n) is 5.94. The second kappa shape index (κ2) is 8.56. The van der Waals surface area contributed by atoms with Crippen LogP contribution in [-0.2, 0) is 9.59 Å². The summed E-state index contributed by atoms with van der Waals surface area (Å²) in [6.45, 7) is 3.62. The van der Waals surface area contributed by atoms with Crippen LogP contribution in [0.1, 0.15) is 25.7 Å². The maximum absolute atomic E-state index is 12.3. The number of piperidine rings is 2. The van der Waals surface area contributed by atoms with Crippen LogP contribution in [0.2, 0.25) is 0 Å². The highest BCUT2D eigenvalue weighted by Crippen LogP contribution is 2.17. The molecule has 2 heterocycles. The number of carbonyl (C=O) groups is 2. The first-order chi connectivity index (χ1) is 9.60. The average molecular weight is 319 g/mol. The predicted octanol–water partition coefficient (Wildman–Crippen LogP) is -0.184. The van der Waals surface area contributed by atoms with E-state index in [1.54, 1.807) is 0 Å². The zero-order chi connectivity index (χ0) is 14.5. The molecule has 2 aliphatic heterocycles. The monoisotopic (exact) mass is 318 g/mol. The van der Waals surface area contributed by atoms with E-state index in [0.29, 0.717) is 19.1 Å². The van der Waals surface area contributed by atoms with Crippen LogP contribution in [0.5, 0.6) is 0 Å². The summed E-state index contributed by atoms with van der Waals surface area (Å²) in [5, 5.41) is 3.28. The fourth-order valence-electron chi connectivity index (χ4n) is 3.16. The van der Waals surface area contributed by atoms with Crippen molar-refractivity contribution in [2.75, 3.05) is 39.8 Å². The highest BCUT2D eigenvalue weighted by Gasteiger charge is 2.28. The van der Waals surface area contributed by atoms with Crippen LogP contribution in [0.4, 0.5) is 0 Å². The van der Waals surface area contributed by atoms with Crippen LogP contribution >= 0.6 is 12.4 Å². The zero-order valence-corrected chi connectivity index (χ0v) is 13.5. The number of likely N-dealkylation sites (N-methyl/N-ethyl adjacent to an activating group) is 1. The Hall–Kier alpha value is -0.850. The van der Waals surface area contributed by atoms with Gasteiger partial charge in [0.1, 0.15) is 0 Å². The molecular weight excluding hydrogens is 292 g/mol. The molecule has 0 radical (unpaired) electrons. The summed E-state index contributed by atoms with van der Waals surface area (Å²) < 4.78 is 0. The molecule has 0 spiro atoms. The molecule has 122 valence electrons. The lowest BCUT2D eigenvalue weighted by atomic mass is 9.97. The normalized spacial score (nSPS) is 27.0. The molecule has 21 heavy (non-hydrogen) atoms. The number of nitrogens with two attached hydrogens (primary N) is 1. The SMILES string of the molecule is CNC1CCCN(CC(=O)N2CCCC(C(N)=O)C2)C1.Cl. The predicted molar refractivity (Wildman–Crippen MR) is 84.3 cm³/mol. The molecule has 0 aromatic heterocycles. The number of rotatable bonds is 4. The van der Waals surface area contributed by atoms with Crippen LogP contribution in [0, 0.1) is 5.92 Å². The average Bonchev–Trinajstić information content (AvgIpc) is 2.47. The van der Waals surface area contributed by atoms with Crippen LogP contribution in [0.3, 0.4) is 0 Å². The Morgan fingerprint density at radius 3 is 2.57 bits per heavy atom. The minimum absolute atomic E-state index is 0. The molecule has 7 heteroatoms. The first kappa shape index (κ1) is 18.2. The Kier molecular flexibility index (Phi) is 7.42. The van der Waals surface area contributed by atoms with Gasteiger partial charge in [-0.25, -0.2) is 0 Å². The summed E-state index contributed by atoms with van der Waals surface area (Å²) in [5.41, 5.74) is 5.35. The van der Waals surface area contributed by atoms with Gasteiger partial charge < -0.3 is 16.0 Å². The van der Waals surface area contributed by atoms with Gasteiger partial charge in [-0.1, -0.05) is 0 Å².